The summed E-state index contributed by atoms with van der Waals surface area (Å²) in [6, 6.07) is 14.8. The molecule has 0 saturated carbocycles. The Labute approximate surface area is 139 Å². The highest BCUT2D eigenvalue weighted by molar-refractivity contribution is 5.81. The first-order chi connectivity index (χ1) is 11.6. The molecule has 0 aromatic heterocycles. The van der Waals surface area contributed by atoms with Gasteiger partial charge in [0.2, 0.25) is 0 Å². The zero-order valence-electron chi connectivity index (χ0n) is 12.9. The maximum absolute atomic E-state index is 11.8. The molecule has 1 aliphatic rings. The van der Waals surface area contributed by atoms with Crippen LogP contribution in [0.3, 0.4) is 0 Å². The van der Waals surface area contributed by atoms with Crippen LogP contribution in [0.15, 0.2) is 48.5 Å². The van der Waals surface area contributed by atoms with Gasteiger partial charge in [0.05, 0.1) is 0 Å². The van der Waals surface area contributed by atoms with E-state index in [-0.39, 0.29) is 19.1 Å². The highest BCUT2D eigenvalue weighted by Gasteiger charge is 2.29. The van der Waals surface area contributed by atoms with E-state index in [9.17, 15) is 9.59 Å². The number of benzene rings is 2. The molecule has 6 nitrogen and oxygen atoms in total. The van der Waals surface area contributed by atoms with E-state index < -0.39 is 18.1 Å². The average molecular weight is 326 g/mol. The summed E-state index contributed by atoms with van der Waals surface area (Å²) < 4.78 is 5.25. The molecule has 6 heteroatoms. The number of aliphatic carboxylic acids is 1. The molecule has 1 aliphatic carbocycles. The molecule has 0 aliphatic heterocycles. The molecule has 1 amide bonds. The summed E-state index contributed by atoms with van der Waals surface area (Å²) in [6.07, 6.45) is -0.783. The summed E-state index contributed by atoms with van der Waals surface area (Å²) in [5.74, 6) is -1.25. The molecule has 0 spiro atoms. The summed E-state index contributed by atoms with van der Waals surface area (Å²) >= 11 is 0. The minimum Gasteiger partial charge on any atom is -0.480 e. The third kappa shape index (κ3) is 2.96. The molecule has 0 radical (unpaired) electrons. The predicted octanol–water partition coefficient (Wildman–Crippen LogP) is 1.94. The first-order valence-corrected chi connectivity index (χ1v) is 7.66. The van der Waals surface area contributed by atoms with Gasteiger partial charge in [-0.2, -0.15) is 0 Å². The van der Waals surface area contributed by atoms with Crippen LogP contribution in [0.5, 0.6) is 0 Å². The summed E-state index contributed by atoms with van der Waals surface area (Å²) in [4.78, 5) is 22.7. The highest BCUT2D eigenvalue weighted by atomic mass is 16.5. The molecular formula is C18H18N2O4. The minimum absolute atomic E-state index is 0.0655. The molecule has 2 aromatic rings. The van der Waals surface area contributed by atoms with Crippen molar-refractivity contribution in [1.29, 1.82) is 0 Å². The number of nitrogens with one attached hydrogen (secondary N) is 1. The van der Waals surface area contributed by atoms with Gasteiger partial charge in [0.15, 0.2) is 0 Å². The van der Waals surface area contributed by atoms with E-state index in [2.05, 4.69) is 5.32 Å². The van der Waals surface area contributed by atoms with Crippen molar-refractivity contribution in [3.63, 3.8) is 0 Å². The number of hydrogen-bond donors (Lipinski definition) is 3. The number of ether oxygens (including phenoxy) is 1. The molecule has 24 heavy (non-hydrogen) atoms. The maximum Gasteiger partial charge on any atom is 0.407 e. The van der Waals surface area contributed by atoms with Crippen LogP contribution in [0.4, 0.5) is 4.79 Å². The molecule has 4 N–H and O–H groups in total. The van der Waals surface area contributed by atoms with E-state index >= 15 is 0 Å². The van der Waals surface area contributed by atoms with Gasteiger partial charge in [0, 0.05) is 12.5 Å². The van der Waals surface area contributed by atoms with Gasteiger partial charge in [-0.05, 0) is 22.3 Å². The second-order valence-electron chi connectivity index (χ2n) is 5.60. The number of fused-ring (bicyclic) bond motifs is 3. The van der Waals surface area contributed by atoms with Crippen LogP contribution in [-0.2, 0) is 9.53 Å². The van der Waals surface area contributed by atoms with Crippen LogP contribution in [0.2, 0.25) is 0 Å². The van der Waals surface area contributed by atoms with Crippen molar-refractivity contribution in [2.75, 3.05) is 13.2 Å². The molecule has 0 unspecified atom stereocenters. The van der Waals surface area contributed by atoms with Crippen molar-refractivity contribution in [1.82, 2.24) is 5.32 Å². The van der Waals surface area contributed by atoms with Crippen LogP contribution >= 0.6 is 0 Å². The van der Waals surface area contributed by atoms with Crippen molar-refractivity contribution in [3.05, 3.63) is 59.7 Å². The Morgan fingerprint density at radius 1 is 1.08 bits per heavy atom. The Morgan fingerprint density at radius 3 is 2.12 bits per heavy atom. The number of carbonyl (C=O) groups excluding carboxylic acids is 1. The first kappa shape index (κ1) is 16.0. The second-order valence-corrected chi connectivity index (χ2v) is 5.60. The molecule has 124 valence electrons. The monoisotopic (exact) mass is 326 g/mol. The molecule has 0 saturated heterocycles. The van der Waals surface area contributed by atoms with E-state index in [1.165, 1.54) is 0 Å². The lowest BCUT2D eigenvalue weighted by Gasteiger charge is -2.16. The fourth-order valence-corrected chi connectivity index (χ4v) is 3.00. The number of amides is 1. The van der Waals surface area contributed by atoms with Crippen LogP contribution in [0.25, 0.3) is 11.1 Å². The fourth-order valence-electron chi connectivity index (χ4n) is 3.00. The van der Waals surface area contributed by atoms with Crippen LogP contribution in [0.1, 0.15) is 17.0 Å². The standard InChI is InChI=1S/C18H18N2O4/c19-9-16(17(21)22)20-18(23)24-10-15-13-7-3-1-5-11(13)12-6-2-4-8-14(12)15/h1-8,15-16H,9-10,19H2,(H,20,23)(H,21,22)/t16-/m1/s1. The van der Waals surface area contributed by atoms with Crippen molar-refractivity contribution >= 4 is 12.1 Å². The normalized spacial score (nSPS) is 13.7. The number of hydrogen-bond acceptors (Lipinski definition) is 4. The number of carboxylic acids is 1. The average Bonchev–Trinajstić information content (AvgIpc) is 2.91. The molecule has 1 atom stereocenters. The Balaban J connectivity index is 1.74. The highest BCUT2D eigenvalue weighted by Crippen LogP contribution is 2.44. The number of rotatable bonds is 5. The van der Waals surface area contributed by atoms with E-state index in [0.717, 1.165) is 22.3 Å². The minimum atomic E-state index is -1.19. The van der Waals surface area contributed by atoms with Gasteiger partial charge in [-0.15, -0.1) is 0 Å². The zero-order valence-corrected chi connectivity index (χ0v) is 12.9. The summed E-state index contributed by atoms with van der Waals surface area (Å²) in [7, 11) is 0. The van der Waals surface area contributed by atoms with Crippen molar-refractivity contribution in [2.24, 2.45) is 5.73 Å². The molecule has 0 fully saturated rings. The van der Waals surface area contributed by atoms with Gasteiger partial charge in [-0.3, -0.25) is 0 Å². The maximum atomic E-state index is 11.8. The quantitative estimate of drug-likeness (QED) is 0.779. The van der Waals surface area contributed by atoms with Crippen molar-refractivity contribution in [2.45, 2.75) is 12.0 Å². The lowest BCUT2D eigenvalue weighted by Crippen LogP contribution is -2.46. The number of carboxylic acid groups (broad SMARTS) is 1. The van der Waals surface area contributed by atoms with Gasteiger partial charge in [0.1, 0.15) is 12.6 Å². The molecule has 0 heterocycles. The SMILES string of the molecule is NC[C@@H](NC(=O)OCC1c2ccccc2-c2ccccc21)C(=O)O. The lowest BCUT2D eigenvalue weighted by molar-refractivity contribution is -0.139. The summed E-state index contributed by atoms with van der Waals surface area (Å²) in [5, 5.41) is 11.2. The van der Waals surface area contributed by atoms with E-state index in [1.54, 1.807) is 0 Å². The topological polar surface area (TPSA) is 102 Å². The third-order valence-electron chi connectivity index (χ3n) is 4.17. The zero-order chi connectivity index (χ0) is 17.1. The number of alkyl carbamates (subject to hydrolysis) is 1. The third-order valence-corrected chi connectivity index (χ3v) is 4.17. The largest absolute Gasteiger partial charge is 0.480 e. The fraction of sp³-hybridized carbons (Fsp3) is 0.222. The number of carbonyl (C=O) groups is 2. The van der Waals surface area contributed by atoms with Gasteiger partial charge in [0.25, 0.3) is 0 Å². The second kappa shape index (κ2) is 6.72. The van der Waals surface area contributed by atoms with Crippen molar-refractivity contribution < 1.29 is 19.4 Å². The Bertz CT molecular complexity index is 730. The molecule has 0 bridgehead atoms. The smallest absolute Gasteiger partial charge is 0.407 e. The van der Waals surface area contributed by atoms with Crippen LogP contribution in [-0.4, -0.2) is 36.4 Å². The van der Waals surface area contributed by atoms with E-state index in [4.69, 9.17) is 15.6 Å². The summed E-state index contributed by atoms with van der Waals surface area (Å²) in [6.45, 7) is -0.0592. The van der Waals surface area contributed by atoms with Crippen LogP contribution < -0.4 is 11.1 Å². The van der Waals surface area contributed by atoms with E-state index in [1.807, 2.05) is 48.5 Å². The Kier molecular flexibility index (Phi) is 4.48. The molecule has 3 rings (SSSR count). The van der Waals surface area contributed by atoms with Gasteiger partial charge >= 0.3 is 12.1 Å². The summed E-state index contributed by atoms with van der Waals surface area (Å²) in [5.41, 5.74) is 9.77. The van der Waals surface area contributed by atoms with E-state index in [0.29, 0.717) is 0 Å². The lowest BCUT2D eigenvalue weighted by atomic mass is 9.98. The van der Waals surface area contributed by atoms with Crippen molar-refractivity contribution in [3.8, 4) is 11.1 Å². The van der Waals surface area contributed by atoms with Gasteiger partial charge < -0.3 is 20.9 Å². The predicted molar refractivity (Wildman–Crippen MR) is 88.7 cm³/mol. The van der Waals surface area contributed by atoms with Gasteiger partial charge in [-0.1, -0.05) is 48.5 Å². The van der Waals surface area contributed by atoms with Crippen LogP contribution in [0, 0.1) is 0 Å². The van der Waals surface area contributed by atoms with Gasteiger partial charge in [-0.25, -0.2) is 9.59 Å². The molecular weight excluding hydrogens is 308 g/mol. The Morgan fingerprint density at radius 2 is 1.62 bits per heavy atom. The molecule has 2 aromatic carbocycles. The number of nitrogens with two attached hydrogens (primary N) is 1. The Hall–Kier alpha value is -2.86. The first-order valence-electron chi connectivity index (χ1n) is 7.66.